The Bertz CT molecular complexity index is 1060. The van der Waals surface area contributed by atoms with Crippen molar-refractivity contribution >= 4 is 18.3 Å². The fourth-order valence-electron chi connectivity index (χ4n) is 3.65. The maximum absolute atomic E-state index is 12.6. The topological polar surface area (TPSA) is 89.2 Å². The van der Waals surface area contributed by atoms with Crippen LogP contribution in [0.1, 0.15) is 46.0 Å². The minimum atomic E-state index is -0.581. The highest BCUT2D eigenvalue weighted by Crippen LogP contribution is 2.23. The largest absolute Gasteiger partial charge is 0.427 e. The molecule has 3 aromatic rings. The third-order valence-corrected chi connectivity index (χ3v) is 5.20. The highest BCUT2D eigenvalue weighted by Gasteiger charge is 2.22. The van der Waals surface area contributed by atoms with Crippen molar-refractivity contribution < 1.29 is 9.21 Å². The Morgan fingerprint density at radius 2 is 2.13 bits per heavy atom. The molecule has 3 heterocycles. The molecule has 2 aromatic heterocycles. The van der Waals surface area contributed by atoms with Gasteiger partial charge in [0.1, 0.15) is 11.3 Å². The average Bonchev–Trinajstić information content (AvgIpc) is 3.22. The van der Waals surface area contributed by atoms with E-state index in [0.29, 0.717) is 11.3 Å². The Kier molecular flexibility index (Phi) is 7.07. The van der Waals surface area contributed by atoms with Crippen LogP contribution in [0.2, 0.25) is 0 Å². The fourth-order valence-corrected chi connectivity index (χ4v) is 3.65. The lowest BCUT2D eigenvalue weighted by atomic mass is 9.95. The van der Waals surface area contributed by atoms with E-state index in [-0.39, 0.29) is 30.4 Å². The highest BCUT2D eigenvalue weighted by atomic mass is 35.5. The third-order valence-electron chi connectivity index (χ3n) is 5.20. The van der Waals surface area contributed by atoms with Gasteiger partial charge in [-0.25, -0.2) is 9.48 Å². The van der Waals surface area contributed by atoms with Crippen LogP contribution in [0.4, 0.5) is 0 Å². The van der Waals surface area contributed by atoms with Gasteiger partial charge in [-0.05, 0) is 50.1 Å². The number of para-hydroxylation sites is 1. The normalized spacial score (nSPS) is 16.0. The third kappa shape index (κ3) is 4.80. The lowest BCUT2D eigenvalue weighted by Crippen LogP contribution is -2.31. The minimum Gasteiger partial charge on any atom is -0.427 e. The molecule has 1 amide bonds. The van der Waals surface area contributed by atoms with Gasteiger partial charge >= 0.3 is 5.63 Å². The molecule has 0 spiro atoms. The standard InChI is InChI=1S/C22H24N4O3.ClH/c1-15-10-19(17-6-5-9-23-13-17)29-22(28)20(15)21(27)24-11-16-12-25-26(14-16)18-7-3-2-4-8-18;/h2-4,7-8,10,12,14,17,23H,5-6,9,11,13H2,1H3,(H,24,27);1H. The molecule has 30 heavy (non-hydrogen) atoms. The van der Waals surface area contributed by atoms with E-state index in [0.717, 1.165) is 37.2 Å². The van der Waals surface area contributed by atoms with Gasteiger partial charge in [-0.15, -0.1) is 12.4 Å². The summed E-state index contributed by atoms with van der Waals surface area (Å²) in [7, 11) is 0. The molecule has 4 rings (SSSR count). The molecule has 1 aliphatic rings. The molecule has 158 valence electrons. The number of hydrogen-bond acceptors (Lipinski definition) is 5. The van der Waals surface area contributed by atoms with Crippen molar-refractivity contribution in [3.63, 3.8) is 0 Å². The van der Waals surface area contributed by atoms with E-state index >= 15 is 0 Å². The predicted molar refractivity (Wildman–Crippen MR) is 117 cm³/mol. The Hall–Kier alpha value is -2.90. The molecule has 1 aliphatic heterocycles. The second kappa shape index (κ2) is 9.73. The Morgan fingerprint density at radius 3 is 2.83 bits per heavy atom. The van der Waals surface area contributed by atoms with E-state index in [1.807, 2.05) is 42.6 Å². The average molecular weight is 429 g/mol. The summed E-state index contributed by atoms with van der Waals surface area (Å²) in [6.45, 7) is 3.83. The lowest BCUT2D eigenvalue weighted by Gasteiger charge is -2.22. The van der Waals surface area contributed by atoms with Crippen LogP contribution in [0.5, 0.6) is 0 Å². The van der Waals surface area contributed by atoms with E-state index in [4.69, 9.17) is 4.42 Å². The summed E-state index contributed by atoms with van der Waals surface area (Å²) in [6, 6.07) is 11.5. The van der Waals surface area contributed by atoms with Crippen molar-refractivity contribution in [1.29, 1.82) is 0 Å². The molecular weight excluding hydrogens is 404 g/mol. The highest BCUT2D eigenvalue weighted by molar-refractivity contribution is 5.95. The van der Waals surface area contributed by atoms with Gasteiger partial charge in [0.05, 0.1) is 11.9 Å². The van der Waals surface area contributed by atoms with Crippen LogP contribution in [-0.2, 0) is 6.54 Å². The lowest BCUT2D eigenvalue weighted by molar-refractivity contribution is 0.0945. The van der Waals surface area contributed by atoms with Gasteiger partial charge in [-0.3, -0.25) is 4.79 Å². The van der Waals surface area contributed by atoms with Crippen molar-refractivity contribution in [1.82, 2.24) is 20.4 Å². The van der Waals surface area contributed by atoms with Crippen LogP contribution in [0.15, 0.2) is 58.0 Å². The van der Waals surface area contributed by atoms with Crippen LogP contribution in [0.3, 0.4) is 0 Å². The molecular formula is C22H25ClN4O3. The van der Waals surface area contributed by atoms with E-state index in [9.17, 15) is 9.59 Å². The number of hydrogen-bond donors (Lipinski definition) is 2. The summed E-state index contributed by atoms with van der Waals surface area (Å²) in [4.78, 5) is 25.1. The summed E-state index contributed by atoms with van der Waals surface area (Å²) >= 11 is 0. The number of carbonyl (C=O) groups excluding carboxylic acids is 1. The summed E-state index contributed by atoms with van der Waals surface area (Å²) in [6.07, 6.45) is 5.57. The first-order valence-corrected chi connectivity index (χ1v) is 9.84. The van der Waals surface area contributed by atoms with Crippen LogP contribution >= 0.6 is 12.4 Å². The summed E-state index contributed by atoms with van der Waals surface area (Å²) in [5.74, 6) is 0.397. The number of carbonyl (C=O) groups is 1. The summed E-state index contributed by atoms with van der Waals surface area (Å²) < 4.78 is 7.24. The van der Waals surface area contributed by atoms with Gasteiger partial charge in [0.25, 0.3) is 5.91 Å². The molecule has 1 unspecified atom stereocenters. The zero-order chi connectivity index (χ0) is 20.2. The molecule has 8 heteroatoms. The molecule has 1 fully saturated rings. The van der Waals surface area contributed by atoms with Crippen molar-refractivity contribution in [2.45, 2.75) is 32.2 Å². The van der Waals surface area contributed by atoms with Gasteiger partial charge in [0, 0.05) is 30.8 Å². The van der Waals surface area contributed by atoms with Crippen molar-refractivity contribution in [2.24, 2.45) is 0 Å². The van der Waals surface area contributed by atoms with Crippen molar-refractivity contribution in [3.05, 3.63) is 81.7 Å². The smallest absolute Gasteiger partial charge is 0.349 e. The number of amides is 1. The SMILES string of the molecule is Cc1cc(C2CCCNC2)oc(=O)c1C(=O)NCc1cnn(-c2ccccc2)c1.Cl. The summed E-state index contributed by atoms with van der Waals surface area (Å²) in [5, 5.41) is 10.4. The number of rotatable bonds is 5. The van der Waals surface area contributed by atoms with E-state index < -0.39 is 11.5 Å². The van der Waals surface area contributed by atoms with Crippen LogP contribution in [0.25, 0.3) is 5.69 Å². The minimum absolute atomic E-state index is 0. The first-order valence-electron chi connectivity index (χ1n) is 9.84. The number of nitrogens with one attached hydrogen (secondary N) is 2. The van der Waals surface area contributed by atoms with Crippen LogP contribution < -0.4 is 16.3 Å². The van der Waals surface area contributed by atoms with Crippen molar-refractivity contribution in [2.75, 3.05) is 13.1 Å². The number of aromatic nitrogens is 2. The molecule has 0 radical (unpaired) electrons. The fraction of sp³-hybridized carbons (Fsp3) is 0.318. The maximum Gasteiger partial charge on any atom is 0.349 e. The Labute approximate surface area is 180 Å². The molecule has 0 saturated carbocycles. The first kappa shape index (κ1) is 21.8. The number of halogens is 1. The molecule has 7 nitrogen and oxygen atoms in total. The molecule has 0 bridgehead atoms. The van der Waals surface area contributed by atoms with Gasteiger partial charge in [0.15, 0.2) is 0 Å². The maximum atomic E-state index is 12.6. The van der Waals surface area contributed by atoms with Gasteiger partial charge in [-0.2, -0.15) is 5.10 Å². The molecule has 1 saturated heterocycles. The molecule has 1 atom stereocenters. The Morgan fingerprint density at radius 1 is 1.33 bits per heavy atom. The predicted octanol–water partition coefficient (Wildman–Crippen LogP) is 2.95. The number of aryl methyl sites for hydroxylation is 1. The van der Waals surface area contributed by atoms with Gasteiger partial charge in [-0.1, -0.05) is 18.2 Å². The molecule has 1 aromatic carbocycles. The van der Waals surface area contributed by atoms with Crippen LogP contribution in [-0.4, -0.2) is 28.8 Å². The van der Waals surface area contributed by atoms with Crippen LogP contribution in [0, 0.1) is 6.92 Å². The molecule has 2 N–H and O–H groups in total. The van der Waals surface area contributed by atoms with Crippen molar-refractivity contribution in [3.8, 4) is 5.69 Å². The quantitative estimate of drug-likeness (QED) is 0.652. The van der Waals surface area contributed by atoms with Gasteiger partial charge < -0.3 is 15.1 Å². The zero-order valence-electron chi connectivity index (χ0n) is 16.8. The van der Waals surface area contributed by atoms with E-state index in [2.05, 4.69) is 15.7 Å². The number of benzene rings is 1. The number of piperidine rings is 1. The molecule has 0 aliphatic carbocycles. The second-order valence-electron chi connectivity index (χ2n) is 7.35. The number of nitrogens with zero attached hydrogens (tertiary/aromatic N) is 2. The first-order chi connectivity index (χ1) is 14.1. The van der Waals surface area contributed by atoms with Gasteiger partial charge in [0.2, 0.25) is 0 Å². The Balaban J connectivity index is 0.00000256. The van der Waals surface area contributed by atoms with E-state index in [1.54, 1.807) is 17.8 Å². The second-order valence-corrected chi connectivity index (χ2v) is 7.35. The zero-order valence-corrected chi connectivity index (χ0v) is 17.6. The van der Waals surface area contributed by atoms with E-state index in [1.165, 1.54) is 0 Å². The summed E-state index contributed by atoms with van der Waals surface area (Å²) in [5.41, 5.74) is 1.90. The monoisotopic (exact) mass is 428 g/mol.